The molecule has 17 rings (SSSR count). The maximum Gasteiger partial charge on any atom is 0.416 e. The van der Waals surface area contributed by atoms with E-state index < -0.39 is 24.7 Å². The zero-order valence-corrected chi connectivity index (χ0v) is 74.3. The monoisotopic (exact) mass is 1760 g/mol. The topological polar surface area (TPSA) is 290 Å². The lowest BCUT2D eigenvalue weighted by molar-refractivity contribution is -0.198. The van der Waals surface area contributed by atoms with Crippen molar-refractivity contribution in [3.63, 3.8) is 0 Å². The molecule has 26 heteroatoms. The predicted octanol–water partition coefficient (Wildman–Crippen LogP) is 18.3. The van der Waals surface area contributed by atoms with Crippen molar-refractivity contribution in [2.75, 3.05) is 52.5 Å². The van der Waals surface area contributed by atoms with E-state index in [2.05, 4.69) is 32.8 Å². The summed E-state index contributed by atoms with van der Waals surface area (Å²) in [6, 6.07) is 63.2. The summed E-state index contributed by atoms with van der Waals surface area (Å²) in [4.78, 5) is 131. The number of ketones is 2. The van der Waals surface area contributed by atoms with E-state index in [0.717, 1.165) is 124 Å². The Balaban J connectivity index is 0.000000195. The highest BCUT2D eigenvalue weighted by molar-refractivity contribution is 6.08. The van der Waals surface area contributed by atoms with Crippen molar-refractivity contribution in [2.45, 2.75) is 135 Å². The number of anilines is 5. The second-order valence-electron chi connectivity index (χ2n) is 34.0. The van der Waals surface area contributed by atoms with Gasteiger partial charge in [0.05, 0.1) is 70.2 Å². The van der Waals surface area contributed by atoms with E-state index >= 15 is 0 Å². The molecule has 670 valence electrons. The van der Waals surface area contributed by atoms with E-state index in [9.17, 15) is 43.2 Å². The lowest BCUT2D eigenvalue weighted by Crippen LogP contribution is -2.57. The van der Waals surface area contributed by atoms with Gasteiger partial charge in [-0.2, -0.15) is 0 Å². The molecule has 3 saturated heterocycles. The summed E-state index contributed by atoms with van der Waals surface area (Å²) in [5.41, 5.74) is 16.6. The molecule has 0 spiro atoms. The first kappa shape index (κ1) is 89.6. The van der Waals surface area contributed by atoms with Gasteiger partial charge in [-0.15, -0.1) is 0 Å². The Morgan fingerprint density at radius 1 is 0.458 bits per heavy atom. The third kappa shape index (κ3) is 21.5. The number of aliphatic imine (C=N–C) groups is 1. The normalized spacial score (nSPS) is 16.2. The van der Waals surface area contributed by atoms with Gasteiger partial charge < -0.3 is 73.0 Å². The highest BCUT2D eigenvalue weighted by Gasteiger charge is 2.47. The molecule has 0 radical (unpaired) electrons. The van der Waals surface area contributed by atoms with Crippen LogP contribution in [0.4, 0.5) is 38.9 Å². The molecule has 2 unspecified atom stereocenters. The first-order valence-corrected chi connectivity index (χ1v) is 44.4. The second-order valence-corrected chi connectivity index (χ2v) is 34.0. The van der Waals surface area contributed by atoms with E-state index in [0.29, 0.717) is 99.7 Å². The standard InChI is InChI=1S/C57H60N6O9.C48H46N6O5/c1-5-25-70-57(68)63-47-33-51(37(2)27-45(47)55(67)62-24-11-9-18-46(62)56(63)72-53-19-10-12-26-69-53)71-36-40-15-13-14-39(28-40)30-52(65)58-44-32-48(61(4)35-44)50(64)29-38-20-22-41(23-21-38)42-31-49(60(3)34-42)54(66)59-43-16-7-6-8-17-43;1-31-20-40-41(49-27-39-14-7-8-19-54(39)48(40)58)26-45(31)59-30-34-11-9-10-33(21-34)23-46(56)50-38-25-42(53(3)29-38)44(55)22-32-15-17-35(18-16-32)36-24-43(52(2)28-36)47(57)51-37-12-5-4-6-13-37/h5-8,13-17,20-23,27-28,31-35,46,53,56H,1,9-12,18-19,24-26,29-30,36H2,2-4H3,(H,58,65)(H,59,66);4-6,9-13,15-18,20-21,24-29,39H,7-8,14,19,22-23,30H2,1-3H3,(H,50,56)(H,51,57)/t46-,53?,56?;39-/m00/s1. The van der Waals surface area contributed by atoms with Crippen LogP contribution in [0.5, 0.6) is 11.5 Å². The lowest BCUT2D eigenvalue weighted by atomic mass is 10.00. The molecule has 8 aromatic carbocycles. The van der Waals surface area contributed by atoms with E-state index in [1.54, 1.807) is 69.0 Å². The maximum atomic E-state index is 14.3. The minimum absolute atomic E-state index is 0.0232. The third-order valence-corrected chi connectivity index (χ3v) is 24.3. The number of aromatic nitrogens is 4. The summed E-state index contributed by atoms with van der Waals surface area (Å²) in [5.74, 6) is -0.0617. The van der Waals surface area contributed by atoms with Gasteiger partial charge in [0.1, 0.15) is 42.7 Å². The molecule has 12 aromatic rings. The van der Waals surface area contributed by atoms with Crippen molar-refractivity contribution in [1.29, 1.82) is 0 Å². The number of hydrogen-bond acceptors (Lipinski definition) is 15. The summed E-state index contributed by atoms with van der Waals surface area (Å²) < 4.78 is 38.0. The van der Waals surface area contributed by atoms with E-state index in [4.69, 9.17) is 23.7 Å². The summed E-state index contributed by atoms with van der Waals surface area (Å²) in [6.45, 7) is 9.77. The zero-order valence-electron chi connectivity index (χ0n) is 74.3. The molecule has 0 saturated carbocycles. The second kappa shape index (κ2) is 40.7. The Hall–Kier alpha value is -14.8. The van der Waals surface area contributed by atoms with Crippen LogP contribution in [-0.2, 0) is 90.9 Å². The molecule has 26 nitrogen and oxygen atoms in total. The molecule has 5 aliphatic heterocycles. The van der Waals surface area contributed by atoms with Gasteiger partial charge in [0, 0.05) is 126 Å². The molecule has 5 aliphatic rings. The Bertz CT molecular complexity index is 6320. The van der Waals surface area contributed by atoms with Crippen LogP contribution in [-0.4, -0.2) is 138 Å². The number of benzene rings is 8. The zero-order chi connectivity index (χ0) is 91.3. The van der Waals surface area contributed by atoms with Crippen molar-refractivity contribution in [2.24, 2.45) is 33.2 Å². The molecule has 4 atom stereocenters. The maximum absolute atomic E-state index is 14.3. The largest absolute Gasteiger partial charge is 0.489 e. The molecular weight excluding hydrogens is 1650 g/mol. The smallest absolute Gasteiger partial charge is 0.416 e. The Labute approximate surface area is 760 Å². The minimum Gasteiger partial charge on any atom is -0.489 e. The van der Waals surface area contributed by atoms with Gasteiger partial charge in [-0.3, -0.25) is 43.3 Å². The van der Waals surface area contributed by atoms with Crippen molar-refractivity contribution >= 4 is 93.4 Å². The van der Waals surface area contributed by atoms with Crippen LogP contribution < -0.4 is 35.6 Å². The third-order valence-electron chi connectivity index (χ3n) is 24.3. The molecule has 3 fully saturated rings. The summed E-state index contributed by atoms with van der Waals surface area (Å²) >= 11 is 0. The van der Waals surface area contributed by atoms with Crippen LogP contribution in [0.3, 0.4) is 0 Å². The SMILES string of the molecule is C=CCOC(=O)N1c2cc(OCc3cccc(CC(=O)Nc4cc(C(=O)Cc5ccc(-c6cc(C(=O)Nc7ccccc7)n(C)c6)cc5)n(C)c4)c3)c(C)cc2C(=O)N2CCCC[C@H]2C1OC1CCCCO1.Cc1cc2c(cc1OCc1cccc(CC(=O)Nc3cc(C(=O)Cc4ccc(-c5cc(C(=O)Nc6ccccc6)n(C)c5)cc4)n(C)c3)c1)N=C[C@@H]1CCCCN1C2=O. The molecular formula is C105H106N12O14. The molecule has 7 amide bonds. The first-order chi connectivity index (χ1) is 63.5. The average molecular weight is 1760 g/mol. The molecule has 0 aliphatic carbocycles. The number of fused-ring (bicyclic) bond motifs is 4. The van der Waals surface area contributed by atoms with E-state index in [-0.39, 0.29) is 98.6 Å². The van der Waals surface area contributed by atoms with Crippen LogP contribution in [0.2, 0.25) is 0 Å². The van der Waals surface area contributed by atoms with E-state index in [1.807, 2.05) is 238 Å². The van der Waals surface area contributed by atoms with Gasteiger partial charge in [0.15, 0.2) is 24.1 Å². The summed E-state index contributed by atoms with van der Waals surface area (Å²) in [7, 11) is 7.23. The highest BCUT2D eigenvalue weighted by Crippen LogP contribution is 2.42. The number of nitrogens with zero attached hydrogens (tertiary/aromatic N) is 8. The average Bonchev–Trinajstić information content (AvgIpc) is 1.61. The number of hydrogen-bond donors (Lipinski definition) is 4. The number of ether oxygens (including phenoxy) is 5. The summed E-state index contributed by atoms with van der Waals surface area (Å²) in [6.07, 6.45) is 17.1. The number of carbonyl (C=O) groups is 9. The highest BCUT2D eigenvalue weighted by atomic mass is 16.7. The fraction of sp³-hybridized carbons (Fsp3) is 0.276. The van der Waals surface area contributed by atoms with Crippen LogP contribution in [0.25, 0.3) is 22.3 Å². The fourth-order valence-electron chi connectivity index (χ4n) is 17.6. The quantitative estimate of drug-likeness (QED) is 0.0262. The molecule has 0 bridgehead atoms. The van der Waals surface area contributed by atoms with Crippen LogP contribution in [0.15, 0.2) is 249 Å². The van der Waals surface area contributed by atoms with Gasteiger partial charge in [0.25, 0.3) is 23.6 Å². The number of nitrogens with one attached hydrogen (secondary N) is 4. The number of Topliss-reactive ketones (excluding diaryl/α,β-unsaturated/α-hetero) is 2. The van der Waals surface area contributed by atoms with Crippen LogP contribution in [0.1, 0.15) is 165 Å². The minimum atomic E-state index is -0.860. The number of para-hydroxylation sites is 2. The number of amides is 7. The van der Waals surface area contributed by atoms with Crippen LogP contribution in [0, 0.1) is 13.8 Å². The van der Waals surface area contributed by atoms with Gasteiger partial charge >= 0.3 is 6.09 Å². The Morgan fingerprint density at radius 2 is 0.947 bits per heavy atom. The van der Waals surface area contributed by atoms with E-state index in [1.165, 1.54) is 11.0 Å². The molecule has 4 N–H and O–H groups in total. The van der Waals surface area contributed by atoms with Gasteiger partial charge in [-0.25, -0.2) is 9.69 Å². The van der Waals surface area contributed by atoms with Crippen molar-refractivity contribution in [1.82, 2.24) is 28.1 Å². The molecule has 9 heterocycles. The predicted molar refractivity (Wildman–Crippen MR) is 504 cm³/mol. The number of rotatable bonds is 28. The van der Waals surface area contributed by atoms with Crippen molar-refractivity contribution < 1.29 is 66.8 Å². The Kier molecular flexibility index (Phi) is 27.8. The van der Waals surface area contributed by atoms with Gasteiger partial charge in [0.2, 0.25) is 11.8 Å². The molecule has 131 heavy (non-hydrogen) atoms. The number of aryl methyl sites for hydroxylation is 6. The first-order valence-electron chi connectivity index (χ1n) is 44.4. The molecule has 4 aromatic heterocycles. The number of carbonyl (C=O) groups excluding carboxylic acids is 9. The fourth-order valence-corrected chi connectivity index (χ4v) is 17.6. The summed E-state index contributed by atoms with van der Waals surface area (Å²) in [5, 5.41) is 11.7. The Morgan fingerprint density at radius 3 is 1.47 bits per heavy atom. The van der Waals surface area contributed by atoms with Crippen molar-refractivity contribution in [3.8, 4) is 33.8 Å². The lowest BCUT2D eigenvalue weighted by Gasteiger charge is -2.42. The van der Waals surface area contributed by atoms with Crippen molar-refractivity contribution in [3.05, 3.63) is 322 Å². The van der Waals surface area contributed by atoms with Gasteiger partial charge in [-0.05, 0) is 188 Å². The van der Waals surface area contributed by atoms with Crippen LogP contribution >= 0.6 is 0 Å². The number of piperidine rings is 2. The van der Waals surface area contributed by atoms with Gasteiger partial charge in [-0.1, -0.05) is 146 Å².